The Kier molecular flexibility index (Phi) is 3.86. The van der Waals surface area contributed by atoms with Gasteiger partial charge in [0, 0.05) is 38.1 Å². The van der Waals surface area contributed by atoms with Crippen molar-refractivity contribution >= 4 is 11.8 Å². The van der Waals surface area contributed by atoms with Crippen molar-refractivity contribution in [2.45, 2.75) is 6.42 Å². The summed E-state index contributed by atoms with van der Waals surface area (Å²) in [4.78, 5) is 31.6. The van der Waals surface area contributed by atoms with Crippen molar-refractivity contribution in [1.82, 2.24) is 25.0 Å². The Bertz CT molecular complexity index is 682. The monoisotopic (exact) mass is 299 g/mol. The lowest BCUT2D eigenvalue weighted by Gasteiger charge is -2.18. The molecule has 0 aromatic carbocycles. The van der Waals surface area contributed by atoms with E-state index in [1.165, 1.54) is 0 Å². The number of nitrogens with one attached hydrogen (secondary N) is 1. The average Bonchev–Trinajstić information content (AvgIpc) is 2.97. The van der Waals surface area contributed by atoms with Crippen molar-refractivity contribution in [2.75, 3.05) is 26.7 Å². The van der Waals surface area contributed by atoms with Gasteiger partial charge in [-0.05, 0) is 24.6 Å². The summed E-state index contributed by atoms with van der Waals surface area (Å²) in [5.41, 5.74) is 1.96. The molecular formula is C15H17N5O2. The van der Waals surface area contributed by atoms with Gasteiger partial charge in [0.1, 0.15) is 12.2 Å². The first-order valence-electron chi connectivity index (χ1n) is 7.14. The Morgan fingerprint density at radius 3 is 2.82 bits per heavy atom. The van der Waals surface area contributed by atoms with Gasteiger partial charge in [-0.25, -0.2) is 0 Å². The van der Waals surface area contributed by atoms with E-state index in [1.807, 2.05) is 12.1 Å². The van der Waals surface area contributed by atoms with Crippen LogP contribution in [0.1, 0.15) is 16.9 Å². The molecule has 22 heavy (non-hydrogen) atoms. The highest BCUT2D eigenvalue weighted by atomic mass is 16.2. The fraction of sp³-hybridized carbons (Fsp3) is 0.333. The highest BCUT2D eigenvalue weighted by Gasteiger charge is 2.25. The van der Waals surface area contributed by atoms with Crippen molar-refractivity contribution in [1.29, 1.82) is 0 Å². The summed E-state index contributed by atoms with van der Waals surface area (Å²) in [7, 11) is 1.76. The molecule has 2 aromatic rings. The number of carbonyl (C=O) groups is 2. The van der Waals surface area contributed by atoms with Crippen LogP contribution in [0.3, 0.4) is 0 Å². The van der Waals surface area contributed by atoms with Gasteiger partial charge < -0.3 is 9.80 Å². The molecule has 0 spiro atoms. The minimum atomic E-state index is -0.198. The molecule has 0 unspecified atom stereocenters. The van der Waals surface area contributed by atoms with Crippen LogP contribution < -0.4 is 0 Å². The molecule has 7 heteroatoms. The second-order valence-corrected chi connectivity index (χ2v) is 5.30. The number of aromatic nitrogens is 3. The van der Waals surface area contributed by atoms with E-state index < -0.39 is 0 Å². The van der Waals surface area contributed by atoms with Gasteiger partial charge >= 0.3 is 0 Å². The maximum Gasteiger partial charge on any atom is 0.272 e. The third-order valence-corrected chi connectivity index (χ3v) is 3.74. The summed E-state index contributed by atoms with van der Waals surface area (Å²) in [6, 6.07) is 5.36. The van der Waals surface area contributed by atoms with Gasteiger partial charge in [0.15, 0.2) is 0 Å². The van der Waals surface area contributed by atoms with Crippen LogP contribution >= 0.6 is 0 Å². The van der Waals surface area contributed by atoms with E-state index in [0.717, 1.165) is 12.0 Å². The summed E-state index contributed by atoms with van der Waals surface area (Å²) >= 11 is 0. The van der Waals surface area contributed by atoms with Gasteiger partial charge in [-0.2, -0.15) is 5.10 Å². The van der Waals surface area contributed by atoms with Gasteiger partial charge in [0.2, 0.25) is 5.91 Å². The van der Waals surface area contributed by atoms with Crippen LogP contribution in [0, 0.1) is 0 Å². The van der Waals surface area contributed by atoms with Gasteiger partial charge in [-0.15, -0.1) is 0 Å². The Morgan fingerprint density at radius 1 is 1.27 bits per heavy atom. The fourth-order valence-corrected chi connectivity index (χ4v) is 2.43. The zero-order valence-electron chi connectivity index (χ0n) is 12.3. The van der Waals surface area contributed by atoms with Crippen LogP contribution in [0.4, 0.5) is 0 Å². The molecule has 0 saturated carbocycles. The van der Waals surface area contributed by atoms with Crippen LogP contribution in [0.5, 0.6) is 0 Å². The van der Waals surface area contributed by atoms with Crippen molar-refractivity contribution in [2.24, 2.45) is 0 Å². The summed E-state index contributed by atoms with van der Waals surface area (Å²) in [5, 5.41) is 6.93. The van der Waals surface area contributed by atoms with Gasteiger partial charge in [-0.1, -0.05) is 0 Å². The van der Waals surface area contributed by atoms with Crippen molar-refractivity contribution in [3.8, 4) is 11.3 Å². The van der Waals surface area contributed by atoms with Gasteiger partial charge in [-0.3, -0.25) is 19.7 Å². The first-order chi connectivity index (χ1) is 10.6. The van der Waals surface area contributed by atoms with Crippen molar-refractivity contribution < 1.29 is 9.59 Å². The average molecular weight is 299 g/mol. The van der Waals surface area contributed by atoms with Crippen molar-refractivity contribution in [3.05, 3.63) is 36.3 Å². The number of H-pyrrole nitrogens is 1. The second-order valence-electron chi connectivity index (χ2n) is 5.30. The molecular weight excluding hydrogens is 282 g/mol. The van der Waals surface area contributed by atoms with Crippen LogP contribution in [0.25, 0.3) is 11.3 Å². The van der Waals surface area contributed by atoms with Crippen molar-refractivity contribution in [3.63, 3.8) is 0 Å². The minimum Gasteiger partial charge on any atom is -0.344 e. The maximum absolute atomic E-state index is 12.5. The SMILES string of the molecule is CN1CCCN(C(=O)c2cc(-c3ccncc3)n[nH]2)CC1=O. The molecule has 1 N–H and O–H groups in total. The van der Waals surface area contributed by atoms with Crippen LogP contribution in [0.2, 0.25) is 0 Å². The lowest BCUT2D eigenvalue weighted by molar-refractivity contribution is -0.129. The Morgan fingerprint density at radius 2 is 2.05 bits per heavy atom. The number of rotatable bonds is 2. The summed E-state index contributed by atoms with van der Waals surface area (Å²) in [5.74, 6) is -0.240. The molecule has 7 nitrogen and oxygen atoms in total. The number of carbonyl (C=O) groups excluding carboxylic acids is 2. The highest BCUT2D eigenvalue weighted by molar-refractivity contribution is 5.96. The molecule has 0 aliphatic carbocycles. The molecule has 1 fully saturated rings. The molecule has 0 bridgehead atoms. The van der Waals surface area contributed by atoms with E-state index in [9.17, 15) is 9.59 Å². The number of aromatic amines is 1. The lowest BCUT2D eigenvalue weighted by atomic mass is 10.2. The van der Waals surface area contributed by atoms with E-state index in [2.05, 4.69) is 15.2 Å². The number of nitrogens with zero attached hydrogens (tertiary/aromatic N) is 4. The van der Waals surface area contributed by atoms with E-state index in [4.69, 9.17) is 0 Å². The first kappa shape index (κ1) is 14.2. The normalized spacial score (nSPS) is 15.8. The quantitative estimate of drug-likeness (QED) is 0.888. The van der Waals surface area contributed by atoms with Gasteiger partial charge in [0.25, 0.3) is 5.91 Å². The topological polar surface area (TPSA) is 82.2 Å². The third-order valence-electron chi connectivity index (χ3n) is 3.74. The zero-order valence-corrected chi connectivity index (χ0v) is 12.3. The van der Waals surface area contributed by atoms with Gasteiger partial charge in [0.05, 0.1) is 5.69 Å². The standard InChI is InChI=1S/C15H17N5O2/c1-19-7-2-8-20(10-14(19)21)15(22)13-9-12(17-18-13)11-3-5-16-6-4-11/h3-6,9H,2,7-8,10H2,1H3,(H,17,18). The molecule has 1 aliphatic heterocycles. The number of amides is 2. The Labute approximate surface area is 127 Å². The molecule has 1 aliphatic rings. The number of hydrogen-bond acceptors (Lipinski definition) is 4. The maximum atomic E-state index is 12.5. The molecule has 2 amide bonds. The predicted octanol–water partition coefficient (Wildman–Crippen LogP) is 0.776. The summed E-state index contributed by atoms with van der Waals surface area (Å²) in [6.07, 6.45) is 4.13. The van der Waals surface area contributed by atoms with Crippen LogP contribution in [-0.2, 0) is 4.79 Å². The molecule has 114 valence electrons. The molecule has 0 atom stereocenters. The van der Waals surface area contributed by atoms with E-state index in [1.54, 1.807) is 35.3 Å². The fourth-order valence-electron chi connectivity index (χ4n) is 2.43. The minimum absolute atomic E-state index is 0.0419. The lowest BCUT2D eigenvalue weighted by Crippen LogP contribution is -2.38. The smallest absolute Gasteiger partial charge is 0.272 e. The molecule has 1 saturated heterocycles. The number of hydrogen-bond donors (Lipinski definition) is 1. The number of pyridine rings is 1. The Balaban J connectivity index is 1.78. The largest absolute Gasteiger partial charge is 0.344 e. The summed E-state index contributed by atoms with van der Waals surface area (Å²) in [6.45, 7) is 1.35. The van der Waals surface area contributed by atoms with Crippen LogP contribution in [0.15, 0.2) is 30.6 Å². The molecule has 3 rings (SSSR count). The van der Waals surface area contributed by atoms with E-state index in [-0.39, 0.29) is 18.4 Å². The van der Waals surface area contributed by atoms with E-state index in [0.29, 0.717) is 24.5 Å². The second kappa shape index (κ2) is 5.97. The summed E-state index contributed by atoms with van der Waals surface area (Å²) < 4.78 is 0. The zero-order chi connectivity index (χ0) is 15.5. The number of likely N-dealkylation sites (N-methyl/N-ethyl adjacent to an activating group) is 1. The predicted molar refractivity (Wildman–Crippen MR) is 80.0 cm³/mol. The third kappa shape index (κ3) is 2.83. The molecule has 0 radical (unpaired) electrons. The van der Waals surface area contributed by atoms with Crippen LogP contribution in [-0.4, -0.2) is 63.5 Å². The highest BCUT2D eigenvalue weighted by Crippen LogP contribution is 2.17. The van der Waals surface area contributed by atoms with E-state index >= 15 is 0 Å². The molecule has 3 heterocycles. The Hall–Kier alpha value is -2.70. The first-order valence-corrected chi connectivity index (χ1v) is 7.14. The molecule has 2 aromatic heterocycles.